The molecule has 31 heavy (non-hydrogen) atoms. The predicted molar refractivity (Wildman–Crippen MR) is 121 cm³/mol. The number of nitrogen functional groups attached to an aromatic ring is 1. The third-order valence-electron chi connectivity index (χ3n) is 5.31. The normalized spacial score (nSPS) is 18.7. The maximum absolute atomic E-state index is 11.6. The summed E-state index contributed by atoms with van der Waals surface area (Å²) in [5.74, 6) is 3.43. The van der Waals surface area contributed by atoms with Crippen LogP contribution in [0.2, 0.25) is 0 Å². The zero-order valence-electron chi connectivity index (χ0n) is 17.9. The fourth-order valence-electron chi connectivity index (χ4n) is 3.82. The van der Waals surface area contributed by atoms with Crippen molar-refractivity contribution in [3.05, 3.63) is 53.8 Å². The van der Waals surface area contributed by atoms with Crippen molar-refractivity contribution in [1.82, 2.24) is 19.7 Å². The fraction of sp³-hybridized carbons (Fsp3) is 0.391. The standard InChI is InChI=1S/C23H28N6O2/c1-16(2)31-20-9-6-18(7-10-20)29-22(24)26-23(27-29)25-21-11-8-19(14-17(21)15-30)28-12-4-3-5-13-28/h6-11,14,16,21H,3-5,12-13H2,1-2H3,(H3,24,25,26,27). The van der Waals surface area contributed by atoms with Crippen LogP contribution in [0.25, 0.3) is 5.69 Å². The Hall–Kier alpha value is -3.51. The predicted octanol–water partition coefficient (Wildman–Crippen LogP) is 3.11. The van der Waals surface area contributed by atoms with Crippen LogP contribution in [0, 0.1) is 0 Å². The van der Waals surface area contributed by atoms with Gasteiger partial charge in [-0.1, -0.05) is 6.08 Å². The van der Waals surface area contributed by atoms with Crippen molar-refractivity contribution in [3.63, 3.8) is 0 Å². The number of anilines is 2. The first-order valence-corrected chi connectivity index (χ1v) is 10.7. The van der Waals surface area contributed by atoms with Gasteiger partial charge in [-0.05, 0) is 69.5 Å². The third kappa shape index (κ3) is 4.81. The van der Waals surface area contributed by atoms with Crippen LogP contribution in [-0.2, 0) is 4.79 Å². The lowest BCUT2D eigenvalue weighted by atomic mass is 10.00. The highest BCUT2D eigenvalue weighted by molar-refractivity contribution is 5.65. The maximum atomic E-state index is 11.6. The minimum atomic E-state index is -0.358. The molecule has 1 atom stereocenters. The SMILES string of the molecule is CC(C)Oc1ccc(-n2nc(NC3C=CC(N4CCCCC4)=CC3=C=O)nc2N)cc1. The van der Waals surface area contributed by atoms with Crippen molar-refractivity contribution in [2.45, 2.75) is 45.3 Å². The molecule has 1 aromatic carbocycles. The molecule has 0 radical (unpaired) electrons. The summed E-state index contributed by atoms with van der Waals surface area (Å²) in [7, 11) is 0. The van der Waals surface area contributed by atoms with Gasteiger partial charge < -0.3 is 20.7 Å². The van der Waals surface area contributed by atoms with Crippen molar-refractivity contribution in [1.29, 1.82) is 0 Å². The zero-order chi connectivity index (χ0) is 21.8. The van der Waals surface area contributed by atoms with E-state index < -0.39 is 0 Å². The van der Waals surface area contributed by atoms with Gasteiger partial charge >= 0.3 is 0 Å². The molecular formula is C23H28N6O2. The van der Waals surface area contributed by atoms with E-state index in [1.807, 2.05) is 56.3 Å². The van der Waals surface area contributed by atoms with E-state index in [1.54, 1.807) is 4.68 Å². The average Bonchev–Trinajstić information content (AvgIpc) is 3.14. The van der Waals surface area contributed by atoms with E-state index in [0.717, 1.165) is 30.2 Å². The minimum Gasteiger partial charge on any atom is -0.491 e. The van der Waals surface area contributed by atoms with E-state index in [1.165, 1.54) is 19.3 Å². The molecule has 1 aliphatic heterocycles. The Kier molecular flexibility index (Phi) is 6.09. The summed E-state index contributed by atoms with van der Waals surface area (Å²) in [5.41, 5.74) is 8.43. The van der Waals surface area contributed by atoms with Crippen molar-refractivity contribution in [3.8, 4) is 11.4 Å². The minimum absolute atomic E-state index is 0.103. The number of rotatable bonds is 6. The largest absolute Gasteiger partial charge is 0.491 e. The Labute approximate surface area is 182 Å². The van der Waals surface area contributed by atoms with Gasteiger partial charge in [-0.3, -0.25) is 0 Å². The van der Waals surface area contributed by atoms with Gasteiger partial charge in [0.2, 0.25) is 11.9 Å². The van der Waals surface area contributed by atoms with Crippen molar-refractivity contribution >= 4 is 17.8 Å². The van der Waals surface area contributed by atoms with Crippen LogP contribution in [-0.4, -0.2) is 50.8 Å². The molecule has 0 bridgehead atoms. The number of nitrogens with one attached hydrogen (secondary N) is 1. The van der Waals surface area contributed by atoms with E-state index in [4.69, 9.17) is 10.5 Å². The summed E-state index contributed by atoms with van der Waals surface area (Å²) in [5, 5.41) is 7.64. The lowest BCUT2D eigenvalue weighted by Gasteiger charge is -2.31. The Bertz CT molecular complexity index is 1020. The van der Waals surface area contributed by atoms with Crippen molar-refractivity contribution in [2.24, 2.45) is 0 Å². The molecular weight excluding hydrogens is 392 g/mol. The monoisotopic (exact) mass is 420 g/mol. The van der Waals surface area contributed by atoms with Crippen LogP contribution >= 0.6 is 0 Å². The lowest BCUT2D eigenvalue weighted by molar-refractivity contribution is 0.242. The number of piperidine rings is 1. The number of nitrogens with two attached hydrogens (primary N) is 1. The molecule has 4 rings (SSSR count). The maximum Gasteiger partial charge on any atom is 0.245 e. The van der Waals surface area contributed by atoms with E-state index in [9.17, 15) is 4.79 Å². The Balaban J connectivity index is 1.47. The average molecular weight is 421 g/mol. The Morgan fingerprint density at radius 1 is 1.19 bits per heavy atom. The second kappa shape index (κ2) is 9.10. The molecule has 8 heteroatoms. The lowest BCUT2D eigenvalue weighted by Crippen LogP contribution is -2.31. The smallest absolute Gasteiger partial charge is 0.245 e. The molecule has 1 aromatic heterocycles. The molecule has 0 spiro atoms. The van der Waals surface area contributed by atoms with Crippen LogP contribution in [0.5, 0.6) is 5.75 Å². The van der Waals surface area contributed by atoms with E-state index in [2.05, 4.69) is 26.2 Å². The molecule has 8 nitrogen and oxygen atoms in total. The van der Waals surface area contributed by atoms with Crippen LogP contribution in [0.15, 0.2) is 53.8 Å². The van der Waals surface area contributed by atoms with E-state index >= 15 is 0 Å². The summed E-state index contributed by atoms with van der Waals surface area (Å²) in [6.07, 6.45) is 9.60. The molecule has 0 amide bonds. The van der Waals surface area contributed by atoms with Gasteiger partial charge in [-0.15, -0.1) is 5.10 Å². The van der Waals surface area contributed by atoms with Gasteiger partial charge in [-0.2, -0.15) is 9.67 Å². The van der Waals surface area contributed by atoms with Crippen LogP contribution in [0.1, 0.15) is 33.1 Å². The number of hydrogen-bond donors (Lipinski definition) is 2. The van der Waals surface area contributed by atoms with Crippen LogP contribution in [0.3, 0.4) is 0 Å². The fourth-order valence-corrected chi connectivity index (χ4v) is 3.82. The number of hydrogen-bond acceptors (Lipinski definition) is 7. The summed E-state index contributed by atoms with van der Waals surface area (Å²) < 4.78 is 7.22. The zero-order valence-corrected chi connectivity index (χ0v) is 17.9. The van der Waals surface area contributed by atoms with Gasteiger partial charge in [0.15, 0.2) is 0 Å². The van der Waals surface area contributed by atoms with Gasteiger partial charge in [-0.25, -0.2) is 4.79 Å². The number of carbonyl (C=O) groups excluding carboxylic acids is 1. The van der Waals surface area contributed by atoms with Crippen molar-refractivity contribution < 1.29 is 9.53 Å². The van der Waals surface area contributed by atoms with Crippen LogP contribution in [0.4, 0.5) is 11.9 Å². The molecule has 1 saturated heterocycles. The molecule has 162 valence electrons. The molecule has 3 N–H and O–H groups in total. The highest BCUT2D eigenvalue weighted by Crippen LogP contribution is 2.24. The topological polar surface area (TPSA) is 98.3 Å². The summed E-state index contributed by atoms with van der Waals surface area (Å²) in [6, 6.07) is 7.12. The number of nitrogens with zero attached hydrogens (tertiary/aromatic N) is 4. The first-order valence-electron chi connectivity index (χ1n) is 10.7. The Morgan fingerprint density at radius 2 is 1.94 bits per heavy atom. The van der Waals surface area contributed by atoms with Gasteiger partial charge in [0.05, 0.1) is 23.4 Å². The second-order valence-corrected chi connectivity index (χ2v) is 8.02. The molecule has 1 aliphatic carbocycles. The molecule has 2 aromatic rings. The third-order valence-corrected chi connectivity index (χ3v) is 5.31. The highest BCUT2D eigenvalue weighted by atomic mass is 16.5. The highest BCUT2D eigenvalue weighted by Gasteiger charge is 2.21. The Morgan fingerprint density at radius 3 is 2.61 bits per heavy atom. The summed E-state index contributed by atoms with van der Waals surface area (Å²) >= 11 is 0. The number of aromatic nitrogens is 3. The number of ether oxygens (including phenoxy) is 1. The van der Waals surface area contributed by atoms with Crippen LogP contribution < -0.4 is 15.8 Å². The van der Waals surface area contributed by atoms with E-state index in [-0.39, 0.29) is 18.1 Å². The molecule has 1 unspecified atom stereocenters. The van der Waals surface area contributed by atoms with Crippen molar-refractivity contribution in [2.75, 3.05) is 24.1 Å². The first-order chi connectivity index (χ1) is 15.0. The van der Waals surface area contributed by atoms with Gasteiger partial charge in [0.25, 0.3) is 0 Å². The number of allylic oxidation sites excluding steroid dienone is 1. The number of likely N-dealkylation sites (tertiary alicyclic amines) is 1. The second-order valence-electron chi connectivity index (χ2n) is 8.02. The van der Waals surface area contributed by atoms with Gasteiger partial charge in [0.1, 0.15) is 11.7 Å². The van der Waals surface area contributed by atoms with Gasteiger partial charge in [0, 0.05) is 18.8 Å². The van der Waals surface area contributed by atoms with E-state index in [0.29, 0.717) is 11.5 Å². The molecule has 0 saturated carbocycles. The summed E-state index contributed by atoms with van der Waals surface area (Å²) in [4.78, 5) is 18.2. The molecule has 2 aliphatic rings. The summed E-state index contributed by atoms with van der Waals surface area (Å²) in [6.45, 7) is 6.00. The first kappa shape index (κ1) is 20.8. The molecule has 2 heterocycles. The quantitative estimate of drug-likeness (QED) is 0.693. The number of benzene rings is 1. The molecule has 1 fully saturated rings.